The highest BCUT2D eigenvalue weighted by Gasteiger charge is 2.20. The highest BCUT2D eigenvalue weighted by Crippen LogP contribution is 2.16. The summed E-state index contributed by atoms with van der Waals surface area (Å²) in [5.74, 6) is -0.367. The van der Waals surface area contributed by atoms with Crippen LogP contribution in [0.1, 0.15) is 36.7 Å². The van der Waals surface area contributed by atoms with Crippen molar-refractivity contribution in [2.75, 3.05) is 79.3 Å². The lowest BCUT2D eigenvalue weighted by Crippen LogP contribution is -2.28. The minimum absolute atomic E-state index is 0.256. The van der Waals surface area contributed by atoms with Crippen LogP contribution in [0.2, 0.25) is 0 Å². The third-order valence-corrected chi connectivity index (χ3v) is 4.57. The largest absolute Gasteiger partial charge is 0.456 e. The summed E-state index contributed by atoms with van der Waals surface area (Å²) in [5.41, 5.74) is 0.691. The smallest absolute Gasteiger partial charge is 0.339 e. The highest BCUT2D eigenvalue weighted by atomic mass is 16.6. The van der Waals surface area contributed by atoms with Gasteiger partial charge in [-0.1, -0.05) is 18.2 Å². The summed E-state index contributed by atoms with van der Waals surface area (Å²) in [6.07, 6.45) is -0.282. The Bertz CT molecular complexity index is 657. The molecule has 1 aliphatic heterocycles. The van der Waals surface area contributed by atoms with Gasteiger partial charge in [-0.3, -0.25) is 0 Å². The fourth-order valence-corrected chi connectivity index (χ4v) is 2.99. The van der Waals surface area contributed by atoms with Gasteiger partial charge in [-0.25, -0.2) is 4.79 Å². The lowest BCUT2D eigenvalue weighted by molar-refractivity contribution is -0.0866. The molecule has 0 amide bonds. The first-order valence-electron chi connectivity index (χ1n) is 11.8. The number of hydrogen-bond acceptors (Lipinski definition) is 9. The van der Waals surface area contributed by atoms with Gasteiger partial charge in [-0.15, -0.1) is 0 Å². The van der Waals surface area contributed by atoms with Crippen LogP contribution in [0.15, 0.2) is 24.3 Å². The number of carbonyl (C=O) groups excluding carboxylic acids is 1. The molecule has 9 nitrogen and oxygen atoms in total. The van der Waals surface area contributed by atoms with Crippen LogP contribution in [0.25, 0.3) is 0 Å². The molecule has 1 aromatic rings. The first kappa shape index (κ1) is 28.6. The molecule has 1 aromatic carbocycles. The summed E-state index contributed by atoms with van der Waals surface area (Å²) in [7, 11) is 0. The molecule has 1 saturated heterocycles. The Balaban J connectivity index is 1.82. The molecular weight excluding hydrogens is 444 g/mol. The Kier molecular flexibility index (Phi) is 14.3. The molecule has 1 atom stereocenters. The lowest BCUT2D eigenvalue weighted by Gasteiger charge is -2.21. The molecule has 9 heteroatoms. The number of esters is 1. The van der Waals surface area contributed by atoms with Crippen molar-refractivity contribution in [1.29, 1.82) is 0 Å². The summed E-state index contributed by atoms with van der Waals surface area (Å²) < 4.78 is 44.9. The molecule has 0 bridgehead atoms. The predicted molar refractivity (Wildman–Crippen MR) is 125 cm³/mol. The summed E-state index contributed by atoms with van der Waals surface area (Å²) in [5, 5.41) is 0. The minimum atomic E-state index is -0.566. The molecule has 0 aliphatic carbocycles. The normalized spacial score (nSPS) is 20.7. The molecule has 1 heterocycles. The molecule has 1 aliphatic rings. The minimum Gasteiger partial charge on any atom is -0.456 e. The first-order chi connectivity index (χ1) is 16.5. The van der Waals surface area contributed by atoms with Crippen LogP contribution < -0.4 is 0 Å². The SMILES string of the molecule is CC(C)(C)OC(=O)c1ccccc1COCC1COCCOCCOCCOCCOCCO1. The van der Waals surface area contributed by atoms with Crippen LogP contribution in [0.3, 0.4) is 0 Å². The zero-order valence-corrected chi connectivity index (χ0v) is 20.8. The van der Waals surface area contributed by atoms with Crippen molar-refractivity contribution >= 4 is 5.97 Å². The summed E-state index contributed by atoms with van der Waals surface area (Å²) >= 11 is 0. The molecule has 34 heavy (non-hydrogen) atoms. The van der Waals surface area contributed by atoms with Crippen molar-refractivity contribution in [3.63, 3.8) is 0 Å². The van der Waals surface area contributed by atoms with Gasteiger partial charge in [0.15, 0.2) is 0 Å². The van der Waals surface area contributed by atoms with E-state index in [-0.39, 0.29) is 18.7 Å². The second-order valence-corrected chi connectivity index (χ2v) is 8.69. The number of ether oxygens (including phenoxy) is 8. The van der Waals surface area contributed by atoms with E-state index in [1.807, 2.05) is 39.0 Å². The van der Waals surface area contributed by atoms with E-state index in [1.54, 1.807) is 6.07 Å². The molecule has 1 fully saturated rings. The number of carbonyl (C=O) groups is 1. The van der Waals surface area contributed by atoms with E-state index in [0.29, 0.717) is 84.8 Å². The molecule has 0 N–H and O–H groups in total. The van der Waals surface area contributed by atoms with Crippen LogP contribution >= 0.6 is 0 Å². The molecular formula is C25H40O9. The maximum Gasteiger partial charge on any atom is 0.339 e. The zero-order chi connectivity index (χ0) is 24.5. The van der Waals surface area contributed by atoms with Crippen molar-refractivity contribution in [2.24, 2.45) is 0 Å². The Morgan fingerprint density at radius 1 is 0.824 bits per heavy atom. The Morgan fingerprint density at radius 3 is 1.94 bits per heavy atom. The molecule has 194 valence electrons. The molecule has 0 radical (unpaired) electrons. The number of hydrogen-bond donors (Lipinski definition) is 0. The van der Waals surface area contributed by atoms with E-state index in [2.05, 4.69) is 0 Å². The van der Waals surface area contributed by atoms with Gasteiger partial charge in [-0.2, -0.15) is 0 Å². The second-order valence-electron chi connectivity index (χ2n) is 8.69. The maximum atomic E-state index is 12.5. The van der Waals surface area contributed by atoms with E-state index in [9.17, 15) is 4.79 Å². The van der Waals surface area contributed by atoms with Gasteiger partial charge < -0.3 is 37.9 Å². The fourth-order valence-electron chi connectivity index (χ4n) is 2.99. The van der Waals surface area contributed by atoms with Gasteiger partial charge >= 0.3 is 5.97 Å². The van der Waals surface area contributed by atoms with Gasteiger partial charge in [0.25, 0.3) is 0 Å². The monoisotopic (exact) mass is 484 g/mol. The topological polar surface area (TPSA) is 90.9 Å². The van der Waals surface area contributed by atoms with Crippen molar-refractivity contribution in [2.45, 2.75) is 39.1 Å². The Morgan fingerprint density at radius 2 is 1.35 bits per heavy atom. The van der Waals surface area contributed by atoms with E-state index < -0.39 is 5.60 Å². The van der Waals surface area contributed by atoms with Crippen molar-refractivity contribution < 1.29 is 42.7 Å². The van der Waals surface area contributed by atoms with Crippen molar-refractivity contribution in [3.05, 3.63) is 35.4 Å². The fraction of sp³-hybridized carbons (Fsp3) is 0.720. The average molecular weight is 485 g/mol. The Hall–Kier alpha value is -1.59. The number of benzene rings is 1. The Labute approximate surface area is 202 Å². The molecule has 2 rings (SSSR count). The van der Waals surface area contributed by atoms with Crippen LogP contribution in [0, 0.1) is 0 Å². The van der Waals surface area contributed by atoms with E-state index >= 15 is 0 Å². The molecule has 0 saturated carbocycles. The van der Waals surface area contributed by atoms with E-state index in [4.69, 9.17) is 37.9 Å². The third kappa shape index (κ3) is 13.3. The molecule has 0 spiro atoms. The van der Waals surface area contributed by atoms with Crippen LogP contribution in [0.4, 0.5) is 0 Å². The molecule has 1 unspecified atom stereocenters. The average Bonchev–Trinajstić information content (AvgIpc) is 2.79. The second kappa shape index (κ2) is 16.9. The van der Waals surface area contributed by atoms with E-state index in [0.717, 1.165) is 5.56 Å². The van der Waals surface area contributed by atoms with Gasteiger partial charge in [0.1, 0.15) is 11.7 Å². The summed E-state index contributed by atoms with van der Waals surface area (Å²) in [4.78, 5) is 12.5. The molecule has 0 aromatic heterocycles. The standard InChI is InChI=1S/C25H40O9/c1-25(2,3)34-24(26)23-7-5-4-6-21(23)18-32-20-22-19-31-15-14-29-11-10-27-8-9-28-12-13-30-16-17-33-22/h4-7,22H,8-20H2,1-3H3. The van der Waals surface area contributed by atoms with Gasteiger partial charge in [0.2, 0.25) is 0 Å². The van der Waals surface area contributed by atoms with Gasteiger partial charge in [0, 0.05) is 0 Å². The first-order valence-corrected chi connectivity index (χ1v) is 11.8. The van der Waals surface area contributed by atoms with Crippen LogP contribution in [0.5, 0.6) is 0 Å². The summed E-state index contributed by atoms with van der Waals surface area (Å²) in [6, 6.07) is 7.28. The predicted octanol–water partition coefficient (Wildman–Crippen LogP) is 2.64. The highest BCUT2D eigenvalue weighted by molar-refractivity contribution is 5.91. The van der Waals surface area contributed by atoms with Crippen molar-refractivity contribution in [1.82, 2.24) is 0 Å². The number of rotatable bonds is 5. The quantitative estimate of drug-likeness (QED) is 0.585. The summed E-state index contributed by atoms with van der Waals surface area (Å²) in [6.45, 7) is 11.3. The third-order valence-electron chi connectivity index (χ3n) is 4.57. The van der Waals surface area contributed by atoms with Crippen LogP contribution in [-0.2, 0) is 44.5 Å². The van der Waals surface area contributed by atoms with Crippen LogP contribution in [-0.4, -0.2) is 97.0 Å². The van der Waals surface area contributed by atoms with Gasteiger partial charge in [0.05, 0.1) is 91.5 Å². The lowest BCUT2D eigenvalue weighted by atomic mass is 10.1. The van der Waals surface area contributed by atoms with Gasteiger partial charge in [-0.05, 0) is 32.4 Å². The van der Waals surface area contributed by atoms with E-state index in [1.165, 1.54) is 0 Å². The zero-order valence-electron chi connectivity index (χ0n) is 20.8. The van der Waals surface area contributed by atoms with Crippen molar-refractivity contribution in [3.8, 4) is 0 Å². The maximum absolute atomic E-state index is 12.5.